The zero-order valence-corrected chi connectivity index (χ0v) is 10.8. The Hall–Kier alpha value is -1.10. The minimum atomic E-state index is -0.0384. The Balaban J connectivity index is 1.89. The van der Waals surface area contributed by atoms with Gasteiger partial charge in [-0.1, -0.05) is 12.1 Å². The van der Waals surface area contributed by atoms with Gasteiger partial charge >= 0.3 is 0 Å². The molecule has 0 aromatic heterocycles. The molecule has 0 saturated carbocycles. The molecule has 18 heavy (non-hydrogen) atoms. The van der Waals surface area contributed by atoms with E-state index in [1.54, 1.807) is 7.11 Å². The molecule has 0 aliphatic carbocycles. The smallest absolute Gasteiger partial charge is 0.137 e. The second-order valence-corrected chi connectivity index (χ2v) is 4.57. The molecule has 0 amide bonds. The Labute approximate surface area is 108 Å². The number of hydrogen-bond acceptors (Lipinski definition) is 4. The number of nitrogens with two attached hydrogens (primary N) is 1. The van der Waals surface area contributed by atoms with Crippen molar-refractivity contribution in [2.75, 3.05) is 26.9 Å². The molecular formula is C14H21NO3. The molecule has 1 aromatic rings. The Morgan fingerprint density at radius 2 is 2.11 bits per heavy atom. The predicted molar refractivity (Wildman–Crippen MR) is 69.8 cm³/mol. The zero-order valence-electron chi connectivity index (χ0n) is 10.8. The Kier molecular flexibility index (Phi) is 4.99. The molecule has 1 fully saturated rings. The molecule has 0 radical (unpaired) electrons. The molecule has 2 rings (SSSR count). The van der Waals surface area contributed by atoms with Crippen molar-refractivity contribution in [2.45, 2.75) is 25.0 Å². The van der Waals surface area contributed by atoms with Crippen molar-refractivity contribution in [1.29, 1.82) is 0 Å². The average Bonchev–Trinajstić information content (AvgIpc) is 2.41. The number of hydrogen-bond donors (Lipinski definition) is 1. The summed E-state index contributed by atoms with van der Waals surface area (Å²) < 4.78 is 16.3. The highest BCUT2D eigenvalue weighted by atomic mass is 16.5. The van der Waals surface area contributed by atoms with E-state index in [-0.39, 0.29) is 12.1 Å². The largest absolute Gasteiger partial charge is 0.486 e. The Bertz CT molecular complexity index is 353. The topological polar surface area (TPSA) is 53.7 Å². The van der Waals surface area contributed by atoms with E-state index >= 15 is 0 Å². The van der Waals surface area contributed by atoms with Crippen LogP contribution >= 0.6 is 0 Å². The molecule has 2 N–H and O–H groups in total. The van der Waals surface area contributed by atoms with E-state index in [4.69, 9.17) is 19.9 Å². The molecule has 0 spiro atoms. The second-order valence-electron chi connectivity index (χ2n) is 4.57. The summed E-state index contributed by atoms with van der Waals surface area (Å²) >= 11 is 0. The minimum Gasteiger partial charge on any atom is -0.486 e. The first-order valence-electron chi connectivity index (χ1n) is 6.37. The summed E-state index contributed by atoms with van der Waals surface area (Å²) in [7, 11) is 1.71. The molecule has 1 saturated heterocycles. The molecule has 2 atom stereocenters. The lowest BCUT2D eigenvalue weighted by Gasteiger charge is -2.29. The van der Waals surface area contributed by atoms with Gasteiger partial charge in [0, 0.05) is 19.8 Å². The van der Waals surface area contributed by atoms with Gasteiger partial charge in [-0.15, -0.1) is 0 Å². The summed E-state index contributed by atoms with van der Waals surface area (Å²) in [5.74, 6) is 0.849. The van der Waals surface area contributed by atoms with Gasteiger partial charge in [-0.05, 0) is 30.5 Å². The fourth-order valence-corrected chi connectivity index (χ4v) is 1.98. The lowest BCUT2D eigenvalue weighted by atomic mass is 10.1. The molecule has 1 aliphatic heterocycles. The van der Waals surface area contributed by atoms with Crippen molar-refractivity contribution in [3.8, 4) is 5.75 Å². The maximum absolute atomic E-state index is 6.00. The van der Waals surface area contributed by atoms with Gasteiger partial charge in [0.05, 0.1) is 13.2 Å². The van der Waals surface area contributed by atoms with Crippen molar-refractivity contribution in [1.82, 2.24) is 0 Å². The maximum Gasteiger partial charge on any atom is 0.137 e. The summed E-state index contributed by atoms with van der Waals surface area (Å²) in [5.41, 5.74) is 7.24. The fraction of sp³-hybridized carbons (Fsp3) is 0.571. The van der Waals surface area contributed by atoms with Crippen LogP contribution in [0.1, 0.15) is 12.0 Å². The summed E-state index contributed by atoms with van der Waals surface area (Å²) in [6.45, 7) is 2.05. The highest BCUT2D eigenvalue weighted by molar-refractivity contribution is 5.27. The van der Waals surface area contributed by atoms with E-state index in [2.05, 4.69) is 12.1 Å². The third kappa shape index (κ3) is 3.70. The van der Waals surface area contributed by atoms with Gasteiger partial charge in [-0.25, -0.2) is 0 Å². The highest BCUT2D eigenvalue weighted by Crippen LogP contribution is 2.17. The lowest BCUT2D eigenvalue weighted by molar-refractivity contribution is -0.00532. The third-order valence-electron chi connectivity index (χ3n) is 3.16. The molecule has 100 valence electrons. The molecule has 4 nitrogen and oxygen atoms in total. The standard InChI is InChI=1S/C14H21NO3/c1-16-8-6-11-2-4-12(5-3-11)18-14-10-17-9-7-13(14)15/h2-5,13-14H,6-10,15H2,1H3. The van der Waals surface area contributed by atoms with Crippen molar-refractivity contribution in [3.05, 3.63) is 29.8 Å². The zero-order chi connectivity index (χ0) is 12.8. The molecule has 2 unspecified atom stereocenters. The summed E-state index contributed by atoms with van der Waals surface area (Å²) in [6, 6.07) is 8.14. The maximum atomic E-state index is 6.00. The van der Waals surface area contributed by atoms with E-state index in [0.29, 0.717) is 6.61 Å². The van der Waals surface area contributed by atoms with Crippen molar-refractivity contribution < 1.29 is 14.2 Å². The van der Waals surface area contributed by atoms with Crippen LogP contribution in [0.2, 0.25) is 0 Å². The fourth-order valence-electron chi connectivity index (χ4n) is 1.98. The van der Waals surface area contributed by atoms with Gasteiger partial charge in [0.15, 0.2) is 0 Å². The summed E-state index contributed by atoms with van der Waals surface area (Å²) in [6.07, 6.45) is 1.74. The van der Waals surface area contributed by atoms with Crippen LogP contribution in [0, 0.1) is 0 Å². The van der Waals surface area contributed by atoms with E-state index in [1.807, 2.05) is 12.1 Å². The van der Waals surface area contributed by atoms with Crippen LogP contribution in [-0.4, -0.2) is 39.1 Å². The SMILES string of the molecule is COCCc1ccc(OC2COCCC2N)cc1. The van der Waals surface area contributed by atoms with Crippen LogP contribution in [0.5, 0.6) is 5.75 Å². The number of rotatable bonds is 5. The van der Waals surface area contributed by atoms with Gasteiger partial charge < -0.3 is 19.9 Å². The minimum absolute atomic E-state index is 0.0384. The van der Waals surface area contributed by atoms with E-state index < -0.39 is 0 Å². The number of methoxy groups -OCH3 is 1. The molecule has 4 heteroatoms. The van der Waals surface area contributed by atoms with Gasteiger partial charge in [-0.3, -0.25) is 0 Å². The summed E-state index contributed by atoms with van der Waals surface area (Å²) in [4.78, 5) is 0. The first-order chi connectivity index (χ1) is 8.79. The van der Waals surface area contributed by atoms with E-state index in [0.717, 1.165) is 31.8 Å². The van der Waals surface area contributed by atoms with Gasteiger partial charge in [-0.2, -0.15) is 0 Å². The van der Waals surface area contributed by atoms with Crippen LogP contribution in [0.25, 0.3) is 0 Å². The molecule has 0 bridgehead atoms. The molecule has 1 aliphatic rings. The van der Waals surface area contributed by atoms with Crippen molar-refractivity contribution in [2.24, 2.45) is 5.73 Å². The van der Waals surface area contributed by atoms with Crippen LogP contribution in [0.4, 0.5) is 0 Å². The molecular weight excluding hydrogens is 230 g/mol. The van der Waals surface area contributed by atoms with Crippen LogP contribution in [-0.2, 0) is 15.9 Å². The third-order valence-corrected chi connectivity index (χ3v) is 3.16. The number of benzene rings is 1. The highest BCUT2D eigenvalue weighted by Gasteiger charge is 2.23. The van der Waals surface area contributed by atoms with Gasteiger partial charge in [0.25, 0.3) is 0 Å². The lowest BCUT2D eigenvalue weighted by Crippen LogP contribution is -2.46. The first kappa shape index (κ1) is 13.3. The van der Waals surface area contributed by atoms with Gasteiger partial charge in [0.2, 0.25) is 0 Å². The monoisotopic (exact) mass is 251 g/mol. The van der Waals surface area contributed by atoms with Crippen molar-refractivity contribution in [3.63, 3.8) is 0 Å². The first-order valence-corrected chi connectivity index (χ1v) is 6.37. The van der Waals surface area contributed by atoms with Crippen molar-refractivity contribution >= 4 is 0 Å². The average molecular weight is 251 g/mol. The summed E-state index contributed by atoms with van der Waals surface area (Å²) in [5, 5.41) is 0. The van der Waals surface area contributed by atoms with Crippen LogP contribution < -0.4 is 10.5 Å². The van der Waals surface area contributed by atoms with E-state index in [9.17, 15) is 0 Å². The van der Waals surface area contributed by atoms with Crippen LogP contribution in [0.15, 0.2) is 24.3 Å². The number of ether oxygens (including phenoxy) is 3. The normalized spacial score (nSPS) is 23.9. The Morgan fingerprint density at radius 3 is 2.78 bits per heavy atom. The predicted octanol–water partition coefficient (Wildman–Crippen LogP) is 1.37. The van der Waals surface area contributed by atoms with Crippen LogP contribution in [0.3, 0.4) is 0 Å². The Morgan fingerprint density at radius 1 is 1.33 bits per heavy atom. The second kappa shape index (κ2) is 6.73. The molecule has 1 heterocycles. The van der Waals surface area contributed by atoms with Gasteiger partial charge in [0.1, 0.15) is 11.9 Å². The molecule has 1 aromatic carbocycles. The quantitative estimate of drug-likeness (QED) is 0.858. The van der Waals surface area contributed by atoms with E-state index in [1.165, 1.54) is 5.56 Å².